The monoisotopic (exact) mass is 497 g/mol. The Balaban J connectivity index is 1.45. The van der Waals surface area contributed by atoms with E-state index in [1.165, 1.54) is 17.3 Å². The van der Waals surface area contributed by atoms with E-state index < -0.39 is 15.6 Å². The van der Waals surface area contributed by atoms with E-state index in [0.717, 1.165) is 22.9 Å². The van der Waals surface area contributed by atoms with Crippen molar-refractivity contribution in [2.24, 2.45) is 0 Å². The van der Waals surface area contributed by atoms with Gasteiger partial charge in [0.05, 0.1) is 4.90 Å². The minimum atomic E-state index is -3.56. The number of fused-ring (bicyclic) bond motifs is 1. The number of hydrogen-bond donors (Lipinski definition) is 1. The summed E-state index contributed by atoms with van der Waals surface area (Å²) in [6.07, 6.45) is 1.00. The molecule has 1 saturated heterocycles. The fraction of sp³-hybridized carbons (Fsp3) is 0.385. The molecule has 0 aliphatic carbocycles. The summed E-state index contributed by atoms with van der Waals surface area (Å²) >= 11 is 0. The number of hydrogen-bond acceptors (Lipinski definition) is 6. The molecular formula is C26H31N3O5S. The third-order valence-electron chi connectivity index (χ3n) is 6.58. The molecule has 0 spiro atoms. The minimum Gasteiger partial charge on any atom is -0.423 e. The molecule has 2 aromatic carbocycles. The lowest BCUT2D eigenvalue weighted by molar-refractivity contribution is -0.114. The second kappa shape index (κ2) is 10.3. The van der Waals surface area contributed by atoms with E-state index in [4.69, 9.17) is 4.42 Å². The maximum absolute atomic E-state index is 13.2. The summed E-state index contributed by atoms with van der Waals surface area (Å²) in [5.41, 5.74) is 2.44. The van der Waals surface area contributed by atoms with Crippen LogP contribution in [0.1, 0.15) is 44.2 Å². The first-order valence-corrected chi connectivity index (χ1v) is 13.3. The van der Waals surface area contributed by atoms with Crippen molar-refractivity contribution in [2.45, 2.75) is 44.6 Å². The van der Waals surface area contributed by atoms with E-state index >= 15 is 0 Å². The van der Waals surface area contributed by atoms with E-state index in [9.17, 15) is 18.0 Å². The van der Waals surface area contributed by atoms with Crippen LogP contribution in [0.5, 0.6) is 0 Å². The maximum Gasteiger partial charge on any atom is 0.336 e. The van der Waals surface area contributed by atoms with Gasteiger partial charge in [-0.25, -0.2) is 13.2 Å². The Kier molecular flexibility index (Phi) is 7.39. The van der Waals surface area contributed by atoms with Crippen LogP contribution in [0.3, 0.4) is 0 Å². The van der Waals surface area contributed by atoms with Crippen molar-refractivity contribution in [1.29, 1.82) is 0 Å². The number of anilines is 1. The third-order valence-corrected chi connectivity index (χ3v) is 8.49. The number of piperazine rings is 1. The third kappa shape index (κ3) is 5.63. The first-order valence-electron chi connectivity index (χ1n) is 11.8. The Bertz CT molecular complexity index is 1370. The SMILES string of the molecule is CC[C@H](C)c1ccc(S(=O)(=O)N2CCN(Cc3cc(=O)oc4cc(NC(C)=O)ccc34)CC2)cc1. The van der Waals surface area contributed by atoms with Crippen molar-refractivity contribution in [3.05, 3.63) is 70.1 Å². The van der Waals surface area contributed by atoms with Gasteiger partial charge in [-0.3, -0.25) is 9.69 Å². The maximum atomic E-state index is 13.2. The fourth-order valence-corrected chi connectivity index (χ4v) is 5.79. The molecule has 1 aromatic heterocycles. The molecule has 0 unspecified atom stereocenters. The molecule has 35 heavy (non-hydrogen) atoms. The smallest absolute Gasteiger partial charge is 0.336 e. The highest BCUT2D eigenvalue weighted by Gasteiger charge is 2.29. The molecule has 1 aliphatic heterocycles. The summed E-state index contributed by atoms with van der Waals surface area (Å²) in [4.78, 5) is 25.9. The molecule has 1 fully saturated rings. The van der Waals surface area contributed by atoms with E-state index in [0.29, 0.717) is 54.8 Å². The molecule has 186 valence electrons. The quantitative estimate of drug-likeness (QED) is 0.499. The van der Waals surface area contributed by atoms with Crippen LogP contribution in [0.2, 0.25) is 0 Å². The van der Waals surface area contributed by atoms with Crippen LogP contribution in [-0.2, 0) is 21.4 Å². The molecule has 3 aromatic rings. The molecular weight excluding hydrogens is 466 g/mol. The number of nitrogens with zero attached hydrogens (tertiary/aromatic N) is 2. The second-order valence-corrected chi connectivity index (χ2v) is 11.0. The molecule has 1 N–H and O–H groups in total. The van der Waals surface area contributed by atoms with Crippen LogP contribution in [0.4, 0.5) is 5.69 Å². The number of nitrogens with one attached hydrogen (secondary N) is 1. The van der Waals surface area contributed by atoms with Gasteiger partial charge in [0.25, 0.3) is 0 Å². The first kappa shape index (κ1) is 25.1. The topological polar surface area (TPSA) is 99.9 Å². The Morgan fingerprint density at radius 1 is 1.06 bits per heavy atom. The van der Waals surface area contributed by atoms with Crippen LogP contribution in [0.25, 0.3) is 11.0 Å². The Labute approximate surface area is 205 Å². The highest BCUT2D eigenvalue weighted by molar-refractivity contribution is 7.89. The van der Waals surface area contributed by atoms with Crippen LogP contribution < -0.4 is 10.9 Å². The fourth-order valence-electron chi connectivity index (χ4n) is 4.36. The number of benzene rings is 2. The van der Waals surface area contributed by atoms with Gasteiger partial charge < -0.3 is 9.73 Å². The van der Waals surface area contributed by atoms with Crippen molar-refractivity contribution in [2.75, 3.05) is 31.5 Å². The number of carbonyl (C=O) groups excluding carboxylic acids is 1. The normalized spacial score (nSPS) is 16.3. The molecule has 0 saturated carbocycles. The van der Waals surface area contributed by atoms with Crippen LogP contribution in [-0.4, -0.2) is 49.7 Å². The molecule has 4 rings (SSSR count). The summed E-state index contributed by atoms with van der Waals surface area (Å²) in [5.74, 6) is 0.186. The Hall–Kier alpha value is -3.01. The second-order valence-electron chi connectivity index (χ2n) is 9.04. The Morgan fingerprint density at radius 2 is 1.74 bits per heavy atom. The predicted octanol–water partition coefficient (Wildman–Crippen LogP) is 3.77. The van der Waals surface area contributed by atoms with Crippen molar-refractivity contribution in [3.63, 3.8) is 0 Å². The lowest BCUT2D eigenvalue weighted by Crippen LogP contribution is -2.48. The van der Waals surface area contributed by atoms with Crippen LogP contribution >= 0.6 is 0 Å². The van der Waals surface area contributed by atoms with Gasteiger partial charge in [-0.2, -0.15) is 4.31 Å². The minimum absolute atomic E-state index is 0.206. The zero-order valence-electron chi connectivity index (χ0n) is 20.3. The lowest BCUT2D eigenvalue weighted by atomic mass is 9.99. The summed E-state index contributed by atoms with van der Waals surface area (Å²) in [6.45, 7) is 8.01. The van der Waals surface area contributed by atoms with Gasteiger partial charge >= 0.3 is 5.63 Å². The van der Waals surface area contributed by atoms with Gasteiger partial charge in [-0.15, -0.1) is 0 Å². The van der Waals surface area contributed by atoms with Gasteiger partial charge in [0.2, 0.25) is 15.9 Å². The van der Waals surface area contributed by atoms with Crippen LogP contribution in [0, 0.1) is 0 Å². The van der Waals surface area contributed by atoms with Crippen molar-refractivity contribution < 1.29 is 17.6 Å². The summed E-state index contributed by atoms with van der Waals surface area (Å²) in [6, 6.07) is 13.9. The largest absolute Gasteiger partial charge is 0.423 e. The summed E-state index contributed by atoms with van der Waals surface area (Å²) in [7, 11) is -3.56. The number of carbonyl (C=O) groups is 1. The standard InChI is InChI=1S/C26H31N3O5S/c1-4-18(2)20-5-8-23(9-6-20)35(32,33)29-13-11-28(12-14-29)17-21-15-26(31)34-25-16-22(27-19(3)30)7-10-24(21)25/h5-10,15-16,18H,4,11-14,17H2,1-3H3,(H,27,30)/t18-/m0/s1. The number of sulfonamides is 1. The average molecular weight is 498 g/mol. The van der Waals surface area contributed by atoms with Crippen molar-refractivity contribution in [3.8, 4) is 0 Å². The van der Waals surface area contributed by atoms with Gasteiger partial charge in [0.15, 0.2) is 0 Å². The lowest BCUT2D eigenvalue weighted by Gasteiger charge is -2.34. The zero-order chi connectivity index (χ0) is 25.2. The number of amides is 1. The van der Waals surface area contributed by atoms with Gasteiger partial charge in [0.1, 0.15) is 5.58 Å². The van der Waals surface area contributed by atoms with E-state index in [1.54, 1.807) is 24.3 Å². The van der Waals surface area contributed by atoms with Crippen molar-refractivity contribution >= 4 is 32.6 Å². The van der Waals surface area contributed by atoms with Gasteiger partial charge in [0, 0.05) is 62.9 Å². The molecule has 9 heteroatoms. The highest BCUT2D eigenvalue weighted by Crippen LogP contribution is 2.25. The number of rotatable bonds is 7. The molecule has 0 radical (unpaired) electrons. The predicted molar refractivity (Wildman–Crippen MR) is 136 cm³/mol. The first-order chi connectivity index (χ1) is 16.7. The molecule has 1 atom stereocenters. The van der Waals surface area contributed by atoms with Crippen LogP contribution in [0.15, 0.2) is 62.6 Å². The molecule has 1 amide bonds. The van der Waals surface area contributed by atoms with Gasteiger partial charge in [-0.05, 0) is 47.7 Å². The molecule has 8 nitrogen and oxygen atoms in total. The molecule has 0 bridgehead atoms. The molecule has 1 aliphatic rings. The average Bonchev–Trinajstić information content (AvgIpc) is 2.83. The van der Waals surface area contributed by atoms with Crippen molar-refractivity contribution in [1.82, 2.24) is 9.21 Å². The summed E-state index contributed by atoms with van der Waals surface area (Å²) < 4.78 is 33.2. The van der Waals surface area contributed by atoms with E-state index in [2.05, 4.69) is 24.1 Å². The summed E-state index contributed by atoms with van der Waals surface area (Å²) in [5, 5.41) is 3.47. The van der Waals surface area contributed by atoms with E-state index in [1.807, 2.05) is 18.2 Å². The molecule has 2 heterocycles. The van der Waals surface area contributed by atoms with E-state index in [-0.39, 0.29) is 5.91 Å². The zero-order valence-corrected chi connectivity index (χ0v) is 21.1. The van der Waals surface area contributed by atoms with Gasteiger partial charge in [-0.1, -0.05) is 26.0 Å². The highest BCUT2D eigenvalue weighted by atomic mass is 32.2. The Morgan fingerprint density at radius 3 is 2.37 bits per heavy atom.